The smallest absolute Gasteiger partial charge is 0.0999 e. The zero-order chi connectivity index (χ0) is 11.5. The fourth-order valence-electron chi connectivity index (χ4n) is 1.67. The van der Waals surface area contributed by atoms with E-state index in [0.29, 0.717) is 16.7 Å². The van der Waals surface area contributed by atoms with Gasteiger partial charge in [0.1, 0.15) is 0 Å². The monoisotopic (exact) mass is 206 g/mol. The van der Waals surface area contributed by atoms with Crippen molar-refractivity contribution < 1.29 is 0 Å². The summed E-state index contributed by atoms with van der Waals surface area (Å²) in [4.78, 5) is 0. The maximum Gasteiger partial charge on any atom is 0.0999 e. The molecule has 0 aliphatic heterocycles. The number of hydrogen-bond acceptors (Lipinski definition) is 2. The van der Waals surface area contributed by atoms with Crippen molar-refractivity contribution in [2.45, 2.75) is 0 Å². The summed E-state index contributed by atoms with van der Waals surface area (Å²) >= 11 is 0. The van der Waals surface area contributed by atoms with Gasteiger partial charge in [0.15, 0.2) is 0 Å². The van der Waals surface area contributed by atoms with Crippen molar-refractivity contribution in [1.29, 1.82) is 10.5 Å². The van der Waals surface area contributed by atoms with E-state index in [9.17, 15) is 0 Å². The average molecular weight is 206 g/mol. The van der Waals surface area contributed by atoms with Crippen LogP contribution in [0.5, 0.6) is 0 Å². The molecule has 0 amide bonds. The molecule has 1 aromatic heterocycles. The zero-order valence-electron chi connectivity index (χ0n) is 8.73. The predicted molar refractivity (Wildman–Crippen MR) is 59.1 cm³/mol. The van der Waals surface area contributed by atoms with Gasteiger partial charge in [0, 0.05) is 12.6 Å². The third kappa shape index (κ3) is 1.45. The molecule has 2 aromatic rings. The Kier molecular flexibility index (Phi) is 2.45. The Morgan fingerprint density at radius 3 is 2.19 bits per heavy atom. The molecule has 2 rings (SSSR count). The molecule has 0 saturated heterocycles. The normalized spacial score (nSPS) is 9.44. The van der Waals surface area contributed by atoms with Crippen molar-refractivity contribution in [3.8, 4) is 23.4 Å². The van der Waals surface area contributed by atoms with Gasteiger partial charge in [-0.05, 0) is 24.3 Å². The van der Waals surface area contributed by atoms with Crippen molar-refractivity contribution in [1.82, 2.24) is 4.57 Å². The predicted octanol–water partition coefficient (Wildman–Crippen LogP) is 2.24. The van der Waals surface area contributed by atoms with Gasteiger partial charge in [0.2, 0.25) is 0 Å². The average Bonchev–Trinajstić information content (AvgIpc) is 2.74. The van der Waals surface area contributed by atoms with Crippen LogP contribution in [0.25, 0.3) is 11.3 Å². The van der Waals surface area contributed by atoms with Gasteiger partial charge in [0.25, 0.3) is 0 Å². The molecule has 0 aliphatic rings. The molecular formula is C13H8N3. The van der Waals surface area contributed by atoms with Crippen molar-refractivity contribution in [3.63, 3.8) is 0 Å². The Labute approximate surface area is 93.8 Å². The molecule has 3 heteroatoms. The van der Waals surface area contributed by atoms with E-state index in [1.54, 1.807) is 28.8 Å². The minimum atomic E-state index is 0.509. The van der Waals surface area contributed by atoms with Gasteiger partial charge in [-0.2, -0.15) is 10.5 Å². The van der Waals surface area contributed by atoms with Crippen molar-refractivity contribution in [2.75, 3.05) is 0 Å². The summed E-state index contributed by atoms with van der Waals surface area (Å²) in [5.41, 5.74) is 2.52. The molecule has 1 heterocycles. The Balaban J connectivity index is 2.79. The van der Waals surface area contributed by atoms with E-state index in [4.69, 9.17) is 10.5 Å². The largest absolute Gasteiger partial charge is 0.342 e. The molecule has 0 atom stereocenters. The SMILES string of the molecule is Cn1[c]ccc1-c1c(C#N)cccc1C#N. The first kappa shape index (κ1) is 10.0. The van der Waals surface area contributed by atoms with Gasteiger partial charge < -0.3 is 4.57 Å². The van der Waals surface area contributed by atoms with E-state index < -0.39 is 0 Å². The summed E-state index contributed by atoms with van der Waals surface area (Å²) in [6.07, 6.45) is 2.97. The lowest BCUT2D eigenvalue weighted by Crippen LogP contribution is -1.95. The topological polar surface area (TPSA) is 52.5 Å². The first-order valence-corrected chi connectivity index (χ1v) is 4.75. The summed E-state index contributed by atoms with van der Waals surface area (Å²) in [6.45, 7) is 0. The lowest BCUT2D eigenvalue weighted by atomic mass is 9.99. The molecule has 0 aliphatic carbocycles. The highest BCUT2D eigenvalue weighted by atomic mass is 14.9. The second-order valence-corrected chi connectivity index (χ2v) is 3.36. The highest BCUT2D eigenvalue weighted by Gasteiger charge is 2.12. The Morgan fingerprint density at radius 2 is 1.75 bits per heavy atom. The van der Waals surface area contributed by atoms with Crippen molar-refractivity contribution in [3.05, 3.63) is 47.7 Å². The van der Waals surface area contributed by atoms with Crippen molar-refractivity contribution in [2.24, 2.45) is 7.05 Å². The first-order valence-electron chi connectivity index (χ1n) is 4.75. The Morgan fingerprint density at radius 1 is 1.12 bits per heavy atom. The summed E-state index contributed by atoms with van der Waals surface area (Å²) in [6, 6.07) is 13.0. The number of benzene rings is 1. The number of nitriles is 2. The van der Waals surface area contributed by atoms with Gasteiger partial charge in [-0.15, -0.1) is 0 Å². The van der Waals surface area contributed by atoms with Gasteiger partial charge in [-0.25, -0.2) is 0 Å². The van der Waals surface area contributed by atoms with Crippen LogP contribution in [0.4, 0.5) is 0 Å². The molecule has 0 unspecified atom stereocenters. The lowest BCUT2D eigenvalue weighted by Gasteiger charge is -2.07. The number of rotatable bonds is 1. The summed E-state index contributed by atoms with van der Waals surface area (Å²) in [5, 5.41) is 18.1. The van der Waals surface area contributed by atoms with Crippen LogP contribution < -0.4 is 0 Å². The van der Waals surface area contributed by atoms with Crippen LogP contribution in [-0.2, 0) is 7.05 Å². The van der Waals surface area contributed by atoms with E-state index in [1.165, 1.54) is 0 Å². The molecule has 0 bridgehead atoms. The molecule has 0 fully saturated rings. The molecule has 0 saturated carbocycles. The summed E-state index contributed by atoms with van der Waals surface area (Å²) in [7, 11) is 1.84. The fourth-order valence-corrected chi connectivity index (χ4v) is 1.67. The van der Waals surface area contributed by atoms with Gasteiger partial charge in [-0.1, -0.05) is 6.07 Å². The Hall–Kier alpha value is -2.52. The van der Waals surface area contributed by atoms with E-state index in [0.717, 1.165) is 5.69 Å². The minimum Gasteiger partial charge on any atom is -0.342 e. The number of aryl methyl sites for hydroxylation is 1. The first-order chi connectivity index (χ1) is 7.77. The number of hydrogen-bond donors (Lipinski definition) is 0. The maximum atomic E-state index is 9.05. The quantitative estimate of drug-likeness (QED) is 0.718. The maximum absolute atomic E-state index is 9.05. The molecule has 1 radical (unpaired) electrons. The zero-order valence-corrected chi connectivity index (χ0v) is 8.73. The Bertz CT molecular complexity index is 577. The van der Waals surface area contributed by atoms with Gasteiger partial charge in [-0.3, -0.25) is 0 Å². The molecule has 0 spiro atoms. The van der Waals surface area contributed by atoms with Crippen LogP contribution in [0.3, 0.4) is 0 Å². The molecular weight excluding hydrogens is 198 g/mol. The third-order valence-corrected chi connectivity index (χ3v) is 2.43. The van der Waals surface area contributed by atoms with Crippen LogP contribution in [0.2, 0.25) is 0 Å². The van der Waals surface area contributed by atoms with Crippen LogP contribution >= 0.6 is 0 Å². The van der Waals surface area contributed by atoms with Gasteiger partial charge >= 0.3 is 0 Å². The molecule has 1 aromatic carbocycles. The molecule has 75 valence electrons. The second-order valence-electron chi connectivity index (χ2n) is 3.36. The van der Waals surface area contributed by atoms with E-state index >= 15 is 0 Å². The molecule has 3 nitrogen and oxygen atoms in total. The third-order valence-electron chi connectivity index (χ3n) is 2.43. The second kappa shape index (κ2) is 3.92. The summed E-state index contributed by atoms with van der Waals surface area (Å²) in [5.74, 6) is 0. The van der Waals surface area contributed by atoms with E-state index in [2.05, 4.69) is 18.3 Å². The number of aromatic nitrogens is 1. The summed E-state index contributed by atoms with van der Waals surface area (Å²) < 4.78 is 1.77. The highest BCUT2D eigenvalue weighted by molar-refractivity contribution is 5.74. The minimum absolute atomic E-state index is 0.509. The molecule has 16 heavy (non-hydrogen) atoms. The highest BCUT2D eigenvalue weighted by Crippen LogP contribution is 2.26. The van der Waals surface area contributed by atoms with Crippen molar-refractivity contribution >= 4 is 0 Å². The van der Waals surface area contributed by atoms with Gasteiger partial charge in [0.05, 0.1) is 35.2 Å². The van der Waals surface area contributed by atoms with E-state index in [1.807, 2.05) is 13.1 Å². The van der Waals surface area contributed by atoms with E-state index in [-0.39, 0.29) is 0 Å². The molecule has 0 N–H and O–H groups in total. The fraction of sp³-hybridized carbons (Fsp3) is 0.0769. The van der Waals surface area contributed by atoms with Crippen LogP contribution in [-0.4, -0.2) is 4.57 Å². The lowest BCUT2D eigenvalue weighted by molar-refractivity contribution is 0.927. The van der Waals surface area contributed by atoms with Crippen LogP contribution in [0.1, 0.15) is 11.1 Å². The standard InChI is InChI=1S/C13H8N3/c1-16-7-3-6-12(16)13-10(8-14)4-2-5-11(13)9-15/h2-6H,1H3. The number of nitrogens with zero attached hydrogens (tertiary/aromatic N) is 3. The van der Waals surface area contributed by atoms with Crippen LogP contribution in [0.15, 0.2) is 30.3 Å². The van der Waals surface area contributed by atoms with Crippen LogP contribution in [0, 0.1) is 28.9 Å².